The molecule has 15 heavy (non-hydrogen) atoms. The van der Waals surface area contributed by atoms with Gasteiger partial charge >= 0.3 is 5.97 Å². The quantitative estimate of drug-likeness (QED) is 0.911. The molecule has 0 saturated carbocycles. The number of carbonyl (C=O) groups is 1. The van der Waals surface area contributed by atoms with E-state index in [1.54, 1.807) is 13.1 Å². The van der Waals surface area contributed by atoms with E-state index in [0.29, 0.717) is 6.54 Å². The molecule has 0 fully saturated rings. The highest BCUT2D eigenvalue weighted by molar-refractivity contribution is 9.10. The monoisotopic (exact) mass is 272 g/mol. The Morgan fingerprint density at radius 1 is 1.73 bits per heavy atom. The average molecular weight is 273 g/mol. The molecule has 0 spiro atoms. The zero-order valence-electron chi connectivity index (χ0n) is 8.64. The van der Waals surface area contributed by atoms with Crippen molar-refractivity contribution in [3.05, 3.63) is 22.8 Å². The van der Waals surface area contributed by atoms with E-state index in [-0.39, 0.29) is 0 Å². The molecule has 82 valence electrons. The topological polar surface area (TPSA) is 53.4 Å². The van der Waals surface area contributed by atoms with Crippen molar-refractivity contribution in [3.8, 4) is 0 Å². The van der Waals surface area contributed by atoms with Gasteiger partial charge in [0.05, 0.1) is 5.92 Å². The molecule has 1 atom stereocenters. The second-order valence-corrected chi connectivity index (χ2v) is 4.37. The van der Waals surface area contributed by atoms with E-state index < -0.39 is 11.9 Å². The highest BCUT2D eigenvalue weighted by atomic mass is 79.9. The van der Waals surface area contributed by atoms with Crippen molar-refractivity contribution in [1.82, 2.24) is 4.98 Å². The maximum Gasteiger partial charge on any atom is 0.308 e. The van der Waals surface area contributed by atoms with Gasteiger partial charge in [-0.3, -0.25) is 4.79 Å². The Morgan fingerprint density at radius 3 is 2.93 bits per heavy atom. The van der Waals surface area contributed by atoms with Crippen LogP contribution in [-0.4, -0.2) is 29.7 Å². The summed E-state index contributed by atoms with van der Waals surface area (Å²) in [7, 11) is 1.83. The van der Waals surface area contributed by atoms with E-state index in [2.05, 4.69) is 20.9 Å². The molecule has 1 aromatic heterocycles. The first-order chi connectivity index (χ1) is 7.00. The lowest BCUT2D eigenvalue weighted by molar-refractivity contribution is -0.140. The normalized spacial score (nSPS) is 12.2. The van der Waals surface area contributed by atoms with Crippen LogP contribution in [-0.2, 0) is 4.79 Å². The number of nitrogens with zero attached hydrogens (tertiary/aromatic N) is 2. The minimum atomic E-state index is -0.795. The number of halogens is 1. The number of anilines is 1. The van der Waals surface area contributed by atoms with Crippen LogP contribution in [0.15, 0.2) is 22.8 Å². The van der Waals surface area contributed by atoms with Crippen molar-refractivity contribution >= 4 is 27.7 Å². The van der Waals surface area contributed by atoms with Crippen molar-refractivity contribution in [3.63, 3.8) is 0 Å². The van der Waals surface area contributed by atoms with E-state index in [9.17, 15) is 4.79 Å². The van der Waals surface area contributed by atoms with Crippen LogP contribution in [0.1, 0.15) is 6.92 Å². The fraction of sp³-hybridized carbons (Fsp3) is 0.400. The van der Waals surface area contributed by atoms with Crippen LogP contribution in [0.4, 0.5) is 5.82 Å². The van der Waals surface area contributed by atoms with Crippen molar-refractivity contribution < 1.29 is 9.90 Å². The van der Waals surface area contributed by atoms with Gasteiger partial charge in [0.1, 0.15) is 5.82 Å². The van der Waals surface area contributed by atoms with E-state index >= 15 is 0 Å². The first-order valence-corrected chi connectivity index (χ1v) is 5.35. The van der Waals surface area contributed by atoms with Crippen molar-refractivity contribution in [2.24, 2.45) is 5.92 Å². The molecule has 0 bridgehead atoms. The Bertz CT molecular complexity index is 357. The predicted octanol–water partition coefficient (Wildman–Crippen LogP) is 2.00. The molecule has 4 nitrogen and oxygen atoms in total. The summed E-state index contributed by atoms with van der Waals surface area (Å²) in [4.78, 5) is 16.7. The van der Waals surface area contributed by atoms with Gasteiger partial charge in [-0.05, 0) is 12.1 Å². The number of hydrogen-bond donors (Lipinski definition) is 1. The average Bonchev–Trinajstić information content (AvgIpc) is 2.17. The highest BCUT2D eigenvalue weighted by Crippen LogP contribution is 2.16. The third-order valence-electron chi connectivity index (χ3n) is 2.07. The molecule has 5 heteroatoms. The molecule has 0 saturated heterocycles. The van der Waals surface area contributed by atoms with E-state index in [0.717, 1.165) is 10.3 Å². The molecular formula is C10H13BrN2O2. The van der Waals surface area contributed by atoms with Crippen molar-refractivity contribution in [1.29, 1.82) is 0 Å². The number of aromatic nitrogens is 1. The Labute approximate surface area is 97.1 Å². The molecule has 1 rings (SSSR count). The van der Waals surface area contributed by atoms with Crippen LogP contribution >= 0.6 is 15.9 Å². The van der Waals surface area contributed by atoms with Gasteiger partial charge in [-0.15, -0.1) is 0 Å². The predicted molar refractivity (Wildman–Crippen MR) is 62.0 cm³/mol. The third kappa shape index (κ3) is 3.51. The van der Waals surface area contributed by atoms with Crippen LogP contribution in [0, 0.1) is 5.92 Å². The van der Waals surface area contributed by atoms with Gasteiger partial charge in [0.2, 0.25) is 0 Å². The van der Waals surface area contributed by atoms with Gasteiger partial charge in [-0.1, -0.05) is 22.9 Å². The van der Waals surface area contributed by atoms with Gasteiger partial charge in [-0.25, -0.2) is 4.98 Å². The summed E-state index contributed by atoms with van der Waals surface area (Å²) >= 11 is 3.34. The van der Waals surface area contributed by atoms with Crippen molar-refractivity contribution in [2.45, 2.75) is 6.92 Å². The van der Waals surface area contributed by atoms with Gasteiger partial charge in [0.25, 0.3) is 0 Å². The third-order valence-corrected chi connectivity index (χ3v) is 2.56. The minimum Gasteiger partial charge on any atom is -0.481 e. The van der Waals surface area contributed by atoms with Gasteiger partial charge in [0.15, 0.2) is 0 Å². The van der Waals surface area contributed by atoms with Crippen molar-refractivity contribution in [2.75, 3.05) is 18.5 Å². The molecule has 0 aliphatic rings. The lowest BCUT2D eigenvalue weighted by Gasteiger charge is -2.20. The Morgan fingerprint density at radius 2 is 2.40 bits per heavy atom. The second-order valence-electron chi connectivity index (χ2n) is 3.45. The molecule has 1 N–H and O–H groups in total. The van der Waals surface area contributed by atoms with Gasteiger partial charge < -0.3 is 10.0 Å². The maximum atomic E-state index is 10.7. The van der Waals surface area contributed by atoms with Crippen LogP contribution < -0.4 is 4.90 Å². The minimum absolute atomic E-state index is 0.407. The van der Waals surface area contributed by atoms with Gasteiger partial charge in [-0.2, -0.15) is 0 Å². The summed E-state index contributed by atoms with van der Waals surface area (Å²) in [5.74, 6) is -0.440. The molecule has 0 aromatic carbocycles. The largest absolute Gasteiger partial charge is 0.481 e. The first kappa shape index (κ1) is 12.0. The number of hydrogen-bond acceptors (Lipinski definition) is 3. The lowest BCUT2D eigenvalue weighted by atomic mass is 10.2. The summed E-state index contributed by atoms with van der Waals surface area (Å²) in [6.07, 6.45) is 1.68. The molecule has 1 unspecified atom stereocenters. The fourth-order valence-corrected chi connectivity index (χ4v) is 1.51. The number of aliphatic carboxylic acids is 1. The zero-order valence-corrected chi connectivity index (χ0v) is 10.2. The summed E-state index contributed by atoms with van der Waals surface area (Å²) in [5.41, 5.74) is 0. The molecule has 0 amide bonds. The Balaban J connectivity index is 2.68. The molecule has 0 aliphatic carbocycles. The number of pyridine rings is 1. The van der Waals surface area contributed by atoms with Gasteiger partial charge in [0, 0.05) is 24.3 Å². The zero-order chi connectivity index (χ0) is 11.4. The summed E-state index contributed by atoms with van der Waals surface area (Å²) < 4.78 is 0.933. The van der Waals surface area contributed by atoms with E-state index in [4.69, 9.17) is 5.11 Å². The molecule has 1 aromatic rings. The van der Waals surface area contributed by atoms with E-state index in [1.165, 1.54) is 0 Å². The first-order valence-electron chi connectivity index (χ1n) is 4.56. The summed E-state index contributed by atoms with van der Waals surface area (Å²) in [6.45, 7) is 2.12. The number of rotatable bonds is 4. The lowest BCUT2D eigenvalue weighted by Crippen LogP contribution is -2.28. The van der Waals surface area contributed by atoms with Crippen LogP contribution in [0.25, 0.3) is 0 Å². The molecule has 0 aliphatic heterocycles. The van der Waals surface area contributed by atoms with Crippen LogP contribution in [0.5, 0.6) is 0 Å². The standard InChI is InChI=1S/C10H13BrN2O2/c1-7(10(14)15)6-13(2)9-5-8(11)3-4-12-9/h3-5,7H,6H2,1-2H3,(H,14,15). The maximum absolute atomic E-state index is 10.7. The highest BCUT2D eigenvalue weighted by Gasteiger charge is 2.14. The SMILES string of the molecule is CC(CN(C)c1cc(Br)ccn1)C(=O)O. The smallest absolute Gasteiger partial charge is 0.308 e. The molecule has 1 heterocycles. The summed E-state index contributed by atoms with van der Waals surface area (Å²) in [5, 5.41) is 8.78. The van der Waals surface area contributed by atoms with Crippen LogP contribution in [0.3, 0.4) is 0 Å². The Kier molecular flexibility index (Phi) is 4.08. The number of carboxylic acid groups (broad SMARTS) is 1. The fourth-order valence-electron chi connectivity index (χ4n) is 1.18. The summed E-state index contributed by atoms with van der Waals surface area (Å²) in [6, 6.07) is 3.69. The Hall–Kier alpha value is -1.10. The van der Waals surface area contributed by atoms with Crippen LogP contribution in [0.2, 0.25) is 0 Å². The number of carboxylic acids is 1. The molecular weight excluding hydrogens is 260 g/mol. The van der Waals surface area contributed by atoms with E-state index in [1.807, 2.05) is 24.1 Å². The second kappa shape index (κ2) is 5.11. The molecule has 0 radical (unpaired) electrons.